The lowest BCUT2D eigenvalue weighted by atomic mass is 10.3. The quantitative estimate of drug-likeness (QED) is 0.500. The van der Waals surface area contributed by atoms with E-state index < -0.39 is 20.7 Å². The van der Waals surface area contributed by atoms with Crippen molar-refractivity contribution in [1.82, 2.24) is 4.72 Å². The van der Waals surface area contributed by atoms with Gasteiger partial charge in [-0.25, -0.2) is 12.8 Å². The van der Waals surface area contributed by atoms with E-state index in [1.54, 1.807) is 0 Å². The highest BCUT2D eigenvalue weighted by Crippen LogP contribution is 2.34. The molecule has 0 fully saturated rings. The first-order valence-electron chi connectivity index (χ1n) is 4.17. The second-order valence-corrected chi connectivity index (χ2v) is 5.86. The van der Waals surface area contributed by atoms with Gasteiger partial charge in [-0.1, -0.05) is 17.5 Å². The molecule has 0 heterocycles. The number of benzene rings is 1. The Morgan fingerprint density at radius 1 is 1.65 bits per heavy atom. The van der Waals surface area contributed by atoms with Gasteiger partial charge in [0.25, 0.3) is 0 Å². The molecule has 8 heteroatoms. The highest BCUT2D eigenvalue weighted by Gasteiger charge is 2.23. The van der Waals surface area contributed by atoms with Crippen molar-refractivity contribution >= 4 is 43.2 Å². The number of halogens is 3. The highest BCUT2D eigenvalue weighted by molar-refractivity contribution is 9.10. The van der Waals surface area contributed by atoms with Crippen molar-refractivity contribution in [2.24, 2.45) is 0 Å². The van der Waals surface area contributed by atoms with E-state index in [2.05, 4.69) is 21.9 Å². The number of nitrogen functional groups attached to an aromatic ring is 1. The molecule has 0 saturated heterocycles. The van der Waals surface area contributed by atoms with Crippen molar-refractivity contribution in [2.45, 2.75) is 4.90 Å². The maximum absolute atomic E-state index is 13.7. The lowest BCUT2D eigenvalue weighted by molar-refractivity contribution is 0.562. The number of hydrogen-bond acceptors (Lipinski definition) is 3. The minimum atomic E-state index is -4.07. The van der Waals surface area contributed by atoms with Crippen LogP contribution < -0.4 is 10.5 Å². The molecule has 1 rings (SSSR count). The van der Waals surface area contributed by atoms with Crippen LogP contribution >= 0.6 is 27.5 Å². The zero-order valence-electron chi connectivity index (χ0n) is 8.30. The number of nitrogens with one attached hydrogen (secondary N) is 1. The molecule has 4 nitrogen and oxygen atoms in total. The van der Waals surface area contributed by atoms with Crippen molar-refractivity contribution in [3.05, 3.63) is 21.4 Å². The Morgan fingerprint density at radius 3 is 2.76 bits per heavy atom. The summed E-state index contributed by atoms with van der Waals surface area (Å²) in [5, 5.41) is -0.00928. The predicted octanol–water partition coefficient (Wildman–Crippen LogP) is 1.74. The standard InChI is InChI=1S/C9H7BrClFN2O2S/c1-2-3-14-17(15,16)6-4-5(11)7(10)9(13)8(6)12/h1,4,14H,3,13H2. The summed E-state index contributed by atoms with van der Waals surface area (Å²) in [6.07, 6.45) is 4.91. The van der Waals surface area contributed by atoms with Gasteiger partial charge in [0.05, 0.1) is 21.7 Å². The second-order valence-electron chi connectivity index (χ2n) is 2.93. The molecule has 0 radical (unpaired) electrons. The van der Waals surface area contributed by atoms with Gasteiger partial charge in [-0.15, -0.1) is 6.42 Å². The molecule has 0 atom stereocenters. The van der Waals surface area contributed by atoms with Gasteiger partial charge in [-0.2, -0.15) is 4.72 Å². The molecule has 0 unspecified atom stereocenters. The SMILES string of the molecule is C#CCNS(=O)(=O)c1cc(Cl)c(Br)c(N)c1F. The summed E-state index contributed by atoms with van der Waals surface area (Å²) in [4.78, 5) is -0.640. The van der Waals surface area contributed by atoms with E-state index >= 15 is 0 Å². The molecular weight excluding hydrogens is 335 g/mol. The topological polar surface area (TPSA) is 72.2 Å². The van der Waals surface area contributed by atoms with Crippen LogP contribution in [0.2, 0.25) is 5.02 Å². The van der Waals surface area contributed by atoms with Crippen LogP contribution in [0.1, 0.15) is 0 Å². The van der Waals surface area contributed by atoms with Crippen molar-refractivity contribution in [1.29, 1.82) is 0 Å². The molecule has 3 N–H and O–H groups in total. The minimum Gasteiger partial charge on any atom is -0.395 e. The Labute approximate surface area is 112 Å². The van der Waals surface area contributed by atoms with Crippen LogP contribution in [0.25, 0.3) is 0 Å². The van der Waals surface area contributed by atoms with Gasteiger partial charge in [0.1, 0.15) is 4.90 Å². The Kier molecular flexibility index (Phi) is 4.38. The third-order valence-electron chi connectivity index (χ3n) is 1.81. The number of nitrogens with two attached hydrogens (primary N) is 1. The van der Waals surface area contributed by atoms with Crippen molar-refractivity contribution in [3.63, 3.8) is 0 Å². The van der Waals surface area contributed by atoms with E-state index in [1.165, 1.54) is 0 Å². The maximum Gasteiger partial charge on any atom is 0.244 e. The van der Waals surface area contributed by atoms with Crippen LogP contribution in [0, 0.1) is 18.2 Å². The fraction of sp³-hybridized carbons (Fsp3) is 0.111. The molecule has 17 heavy (non-hydrogen) atoms. The highest BCUT2D eigenvalue weighted by atomic mass is 79.9. The van der Waals surface area contributed by atoms with Crippen LogP contribution in [-0.4, -0.2) is 15.0 Å². The zero-order valence-corrected chi connectivity index (χ0v) is 11.5. The Bertz CT molecular complexity index is 598. The second kappa shape index (κ2) is 5.23. The molecule has 1 aromatic carbocycles. The summed E-state index contributed by atoms with van der Waals surface area (Å²) in [5.74, 6) is 0.989. The van der Waals surface area contributed by atoms with Crippen LogP contribution in [0.15, 0.2) is 15.4 Å². The van der Waals surface area contributed by atoms with Crippen LogP contribution in [0.3, 0.4) is 0 Å². The summed E-state index contributed by atoms with van der Waals surface area (Å²) in [7, 11) is -4.07. The lowest BCUT2D eigenvalue weighted by Crippen LogP contribution is -2.25. The van der Waals surface area contributed by atoms with Crippen molar-refractivity contribution in [3.8, 4) is 12.3 Å². The van der Waals surface area contributed by atoms with E-state index in [-0.39, 0.29) is 21.7 Å². The first-order chi connectivity index (χ1) is 7.81. The average Bonchev–Trinajstić information content (AvgIpc) is 2.28. The molecule has 0 saturated carbocycles. The van der Waals surface area contributed by atoms with Gasteiger partial charge >= 0.3 is 0 Å². The summed E-state index contributed by atoms with van der Waals surface area (Å²) < 4.78 is 39.1. The Balaban J connectivity index is 3.39. The van der Waals surface area contributed by atoms with E-state index in [0.717, 1.165) is 6.07 Å². The number of hydrogen-bond donors (Lipinski definition) is 2. The average molecular weight is 342 g/mol. The third kappa shape index (κ3) is 2.90. The number of rotatable bonds is 3. The molecule has 0 aromatic heterocycles. The minimum absolute atomic E-state index is 0.00928. The van der Waals surface area contributed by atoms with Crippen LogP contribution in [0.4, 0.5) is 10.1 Å². The monoisotopic (exact) mass is 340 g/mol. The van der Waals surface area contributed by atoms with E-state index in [0.29, 0.717) is 0 Å². The number of sulfonamides is 1. The van der Waals surface area contributed by atoms with Crippen molar-refractivity contribution < 1.29 is 12.8 Å². The van der Waals surface area contributed by atoms with E-state index in [9.17, 15) is 12.8 Å². The Morgan fingerprint density at radius 2 is 2.24 bits per heavy atom. The summed E-state index contributed by atoms with van der Waals surface area (Å²) >= 11 is 8.64. The summed E-state index contributed by atoms with van der Waals surface area (Å²) in [6.45, 7) is -0.255. The molecule has 92 valence electrons. The lowest BCUT2D eigenvalue weighted by Gasteiger charge is -2.09. The molecule has 0 aliphatic heterocycles. The first-order valence-corrected chi connectivity index (χ1v) is 6.82. The molecule has 0 spiro atoms. The van der Waals surface area contributed by atoms with E-state index in [4.69, 9.17) is 23.8 Å². The van der Waals surface area contributed by atoms with Gasteiger partial charge in [-0.05, 0) is 22.0 Å². The number of terminal acetylenes is 1. The van der Waals surface area contributed by atoms with Gasteiger partial charge < -0.3 is 5.73 Å². The fourth-order valence-corrected chi connectivity index (χ4v) is 2.62. The summed E-state index contributed by atoms with van der Waals surface area (Å²) in [5.41, 5.74) is 4.99. The van der Waals surface area contributed by atoms with Crippen LogP contribution in [0.5, 0.6) is 0 Å². The van der Waals surface area contributed by atoms with Gasteiger partial charge in [0.2, 0.25) is 10.0 Å². The normalized spacial score (nSPS) is 11.2. The van der Waals surface area contributed by atoms with Gasteiger partial charge in [-0.3, -0.25) is 0 Å². The molecule has 0 aliphatic carbocycles. The van der Waals surface area contributed by atoms with Gasteiger partial charge in [0, 0.05) is 0 Å². The molecule has 1 aromatic rings. The fourth-order valence-electron chi connectivity index (χ4n) is 1.01. The van der Waals surface area contributed by atoms with Crippen LogP contribution in [-0.2, 0) is 10.0 Å². The maximum atomic E-state index is 13.7. The smallest absolute Gasteiger partial charge is 0.244 e. The molecule has 0 aliphatic rings. The largest absolute Gasteiger partial charge is 0.395 e. The first kappa shape index (κ1) is 14.3. The molecular formula is C9H7BrClFN2O2S. The van der Waals surface area contributed by atoms with Gasteiger partial charge in [0.15, 0.2) is 5.82 Å². The summed E-state index contributed by atoms with van der Waals surface area (Å²) in [6, 6.07) is 0.955. The van der Waals surface area contributed by atoms with E-state index in [1.807, 2.05) is 4.72 Å². The molecule has 0 amide bonds. The molecule has 0 bridgehead atoms. The Hall–Kier alpha value is -0.810. The predicted molar refractivity (Wildman–Crippen MR) is 67.5 cm³/mol. The van der Waals surface area contributed by atoms with Crippen molar-refractivity contribution in [2.75, 3.05) is 12.3 Å². The zero-order chi connectivity index (χ0) is 13.2. The third-order valence-corrected chi connectivity index (χ3v) is 4.59. The number of anilines is 1.